The fourth-order valence-corrected chi connectivity index (χ4v) is 3.52. The van der Waals surface area contributed by atoms with E-state index in [0.29, 0.717) is 12.4 Å². The van der Waals surface area contributed by atoms with Crippen LogP contribution < -0.4 is 5.32 Å². The molecule has 0 spiro atoms. The molecule has 1 N–H and O–H groups in total. The lowest BCUT2D eigenvalue weighted by Gasteiger charge is -2.31. The van der Waals surface area contributed by atoms with Crippen LogP contribution in [0.2, 0.25) is 5.02 Å². The molecule has 2 rings (SSSR count). The minimum Gasteiger partial charge on any atom is -0.372 e. The highest BCUT2D eigenvalue weighted by Gasteiger charge is 2.31. The molecule has 2 heterocycles. The topological polar surface area (TPSA) is 82.6 Å². The fourth-order valence-electron chi connectivity index (χ4n) is 1.84. The zero-order valence-electron chi connectivity index (χ0n) is 11.1. The number of piperazine rings is 1. The van der Waals surface area contributed by atoms with E-state index in [0.717, 1.165) is 4.31 Å². The first-order chi connectivity index (χ1) is 9.36. The Kier molecular flexibility index (Phi) is 4.17. The van der Waals surface area contributed by atoms with Crippen molar-refractivity contribution in [3.8, 4) is 0 Å². The highest BCUT2D eigenvalue weighted by molar-refractivity contribution is 7.89. The molecule has 1 aliphatic heterocycles. The highest BCUT2D eigenvalue weighted by Crippen LogP contribution is 2.24. The van der Waals surface area contributed by atoms with Crippen molar-refractivity contribution >= 4 is 33.3 Å². The van der Waals surface area contributed by atoms with E-state index in [-0.39, 0.29) is 28.9 Å². The second kappa shape index (κ2) is 5.55. The zero-order valence-corrected chi connectivity index (χ0v) is 12.7. The number of carbonyl (C=O) groups excluding carboxylic acids is 1. The number of rotatable bonds is 3. The summed E-state index contributed by atoms with van der Waals surface area (Å²) in [6.45, 7) is 0.466. The molecule has 110 valence electrons. The third-order valence-electron chi connectivity index (χ3n) is 3.11. The van der Waals surface area contributed by atoms with Crippen molar-refractivity contribution in [3.63, 3.8) is 0 Å². The quantitative estimate of drug-likeness (QED) is 0.863. The predicted molar refractivity (Wildman–Crippen MR) is 75.2 cm³/mol. The summed E-state index contributed by atoms with van der Waals surface area (Å²) in [6.07, 6.45) is 1.23. The number of anilines is 1. The molecule has 0 saturated carbocycles. The van der Waals surface area contributed by atoms with Crippen molar-refractivity contribution < 1.29 is 13.2 Å². The van der Waals surface area contributed by atoms with E-state index < -0.39 is 10.0 Å². The minimum atomic E-state index is -3.75. The van der Waals surface area contributed by atoms with Crippen molar-refractivity contribution in [1.29, 1.82) is 0 Å². The van der Waals surface area contributed by atoms with Crippen LogP contribution in [-0.2, 0) is 14.8 Å². The van der Waals surface area contributed by atoms with Gasteiger partial charge in [-0.1, -0.05) is 11.6 Å². The summed E-state index contributed by atoms with van der Waals surface area (Å²) >= 11 is 5.94. The maximum absolute atomic E-state index is 12.4. The molecule has 0 radical (unpaired) electrons. The molecule has 1 amide bonds. The summed E-state index contributed by atoms with van der Waals surface area (Å²) in [5.41, 5.74) is 0. The van der Waals surface area contributed by atoms with Crippen LogP contribution >= 0.6 is 11.6 Å². The van der Waals surface area contributed by atoms with Gasteiger partial charge in [-0.3, -0.25) is 4.79 Å². The highest BCUT2D eigenvalue weighted by atomic mass is 35.5. The van der Waals surface area contributed by atoms with Crippen molar-refractivity contribution in [3.05, 3.63) is 17.3 Å². The molecule has 9 heteroatoms. The van der Waals surface area contributed by atoms with Crippen molar-refractivity contribution in [2.45, 2.75) is 4.90 Å². The number of pyridine rings is 1. The fraction of sp³-hybridized carbons (Fsp3) is 0.455. The zero-order chi connectivity index (χ0) is 14.9. The maximum Gasteiger partial charge on any atom is 0.245 e. The molecule has 0 aliphatic carbocycles. The van der Waals surface area contributed by atoms with Gasteiger partial charge in [0.1, 0.15) is 10.7 Å². The Morgan fingerprint density at radius 2 is 2.10 bits per heavy atom. The number of carbonyl (C=O) groups is 1. The summed E-state index contributed by atoms with van der Waals surface area (Å²) in [7, 11) is -0.469. The van der Waals surface area contributed by atoms with Crippen LogP contribution in [-0.4, -0.2) is 62.2 Å². The molecule has 1 aromatic heterocycles. The van der Waals surface area contributed by atoms with Crippen molar-refractivity contribution in [1.82, 2.24) is 14.2 Å². The van der Waals surface area contributed by atoms with Crippen molar-refractivity contribution in [2.24, 2.45) is 0 Å². The monoisotopic (exact) mass is 318 g/mol. The first kappa shape index (κ1) is 15.0. The van der Waals surface area contributed by atoms with Crippen LogP contribution in [0.4, 0.5) is 5.82 Å². The van der Waals surface area contributed by atoms with Crippen LogP contribution in [0.1, 0.15) is 0 Å². The van der Waals surface area contributed by atoms with Crippen LogP contribution in [0.5, 0.6) is 0 Å². The Labute approximate surface area is 122 Å². The van der Waals surface area contributed by atoms with Gasteiger partial charge in [-0.2, -0.15) is 4.31 Å². The molecule has 20 heavy (non-hydrogen) atoms. The largest absolute Gasteiger partial charge is 0.372 e. The number of nitrogens with one attached hydrogen (secondary N) is 1. The number of hydrogen-bond acceptors (Lipinski definition) is 5. The van der Waals surface area contributed by atoms with E-state index in [1.807, 2.05) is 0 Å². The first-order valence-electron chi connectivity index (χ1n) is 5.93. The van der Waals surface area contributed by atoms with Gasteiger partial charge < -0.3 is 10.2 Å². The van der Waals surface area contributed by atoms with Crippen LogP contribution in [0, 0.1) is 0 Å². The Morgan fingerprint density at radius 1 is 1.40 bits per heavy atom. The lowest BCUT2D eigenvalue weighted by atomic mass is 10.4. The van der Waals surface area contributed by atoms with E-state index >= 15 is 0 Å². The summed E-state index contributed by atoms with van der Waals surface area (Å²) in [6, 6.07) is 1.33. The Bertz CT molecular complexity index is 635. The smallest absolute Gasteiger partial charge is 0.245 e. The first-order valence-corrected chi connectivity index (χ1v) is 7.75. The Hall–Kier alpha value is -1.38. The van der Waals surface area contributed by atoms with Gasteiger partial charge in [-0.15, -0.1) is 0 Å². The second-order valence-corrected chi connectivity index (χ2v) is 6.75. The number of amides is 1. The lowest BCUT2D eigenvalue weighted by molar-refractivity contribution is -0.132. The van der Waals surface area contributed by atoms with E-state index in [1.165, 1.54) is 17.2 Å². The summed E-state index contributed by atoms with van der Waals surface area (Å²) in [5, 5.41) is 2.97. The molecule has 0 bridgehead atoms. The number of likely N-dealkylation sites (N-methyl/N-ethyl adjacent to an activating group) is 1. The molecule has 1 saturated heterocycles. The Balaban J connectivity index is 2.31. The van der Waals surface area contributed by atoms with Crippen LogP contribution in [0.3, 0.4) is 0 Å². The molecular formula is C11H15ClN4O3S. The lowest BCUT2D eigenvalue weighted by Crippen LogP contribution is -2.50. The third-order valence-corrected chi connectivity index (χ3v) is 5.21. The van der Waals surface area contributed by atoms with Gasteiger partial charge in [0.15, 0.2) is 0 Å². The Morgan fingerprint density at radius 3 is 2.65 bits per heavy atom. The van der Waals surface area contributed by atoms with Gasteiger partial charge in [0.2, 0.25) is 15.9 Å². The summed E-state index contributed by atoms with van der Waals surface area (Å²) < 4.78 is 26.0. The van der Waals surface area contributed by atoms with E-state index in [1.54, 1.807) is 14.1 Å². The maximum atomic E-state index is 12.4. The van der Waals surface area contributed by atoms with Crippen LogP contribution in [0.25, 0.3) is 0 Å². The molecule has 7 nitrogen and oxygen atoms in total. The molecule has 1 fully saturated rings. The van der Waals surface area contributed by atoms with E-state index in [9.17, 15) is 13.2 Å². The SMILES string of the molecule is CNc1ncc(S(=O)(=O)N2CCN(C)C(=O)C2)cc1Cl. The number of hydrogen-bond donors (Lipinski definition) is 1. The molecule has 0 aromatic carbocycles. The van der Waals surface area contributed by atoms with E-state index in [4.69, 9.17) is 11.6 Å². The normalized spacial score (nSPS) is 17.4. The average Bonchev–Trinajstić information content (AvgIpc) is 2.41. The van der Waals surface area contributed by atoms with Gasteiger partial charge in [-0.25, -0.2) is 13.4 Å². The predicted octanol–water partition coefficient (Wildman–Crippen LogP) is 0.239. The molecule has 0 unspecified atom stereocenters. The number of nitrogens with zero attached hydrogens (tertiary/aromatic N) is 3. The minimum absolute atomic E-state index is 0.0150. The summed E-state index contributed by atoms with van der Waals surface area (Å²) in [5.74, 6) is 0.172. The molecule has 0 atom stereocenters. The summed E-state index contributed by atoms with van der Waals surface area (Å²) in [4.78, 5) is 17.1. The molecule has 1 aliphatic rings. The van der Waals surface area contributed by atoms with Gasteiger partial charge in [-0.05, 0) is 6.07 Å². The van der Waals surface area contributed by atoms with Gasteiger partial charge in [0.25, 0.3) is 0 Å². The molecular weight excluding hydrogens is 304 g/mol. The van der Waals surface area contributed by atoms with E-state index in [2.05, 4.69) is 10.3 Å². The second-order valence-electron chi connectivity index (χ2n) is 4.41. The number of sulfonamides is 1. The third kappa shape index (κ3) is 2.72. The van der Waals surface area contributed by atoms with Gasteiger partial charge >= 0.3 is 0 Å². The van der Waals surface area contributed by atoms with Crippen LogP contribution in [0.15, 0.2) is 17.2 Å². The average molecular weight is 319 g/mol. The number of aromatic nitrogens is 1. The number of halogens is 1. The van der Waals surface area contributed by atoms with Gasteiger partial charge in [0.05, 0.1) is 11.6 Å². The molecule has 1 aromatic rings. The van der Waals surface area contributed by atoms with Gasteiger partial charge in [0, 0.05) is 33.4 Å². The standard InChI is InChI=1S/C11H15ClN4O3S/c1-13-11-9(12)5-8(6-14-11)20(18,19)16-4-3-15(2)10(17)7-16/h5-6H,3-4,7H2,1-2H3,(H,13,14). The van der Waals surface area contributed by atoms with Crippen molar-refractivity contribution in [2.75, 3.05) is 39.0 Å².